The van der Waals surface area contributed by atoms with E-state index in [1.807, 2.05) is 60.7 Å². The Labute approximate surface area is 146 Å². The van der Waals surface area contributed by atoms with E-state index < -0.39 is 0 Å². The number of anilines is 1. The Morgan fingerprint density at radius 3 is 2.44 bits per heavy atom. The number of hydrogen-bond donors (Lipinski definition) is 2. The predicted molar refractivity (Wildman–Crippen MR) is 95.4 cm³/mol. The molecule has 0 radical (unpaired) electrons. The van der Waals surface area contributed by atoms with Crippen LogP contribution in [0.1, 0.15) is 12.0 Å². The van der Waals surface area contributed by atoms with Crippen molar-refractivity contribution in [3.05, 3.63) is 66.2 Å². The van der Waals surface area contributed by atoms with E-state index in [0.717, 1.165) is 11.3 Å². The number of rotatable bonds is 6. The number of nitrogens with one attached hydrogen (secondary N) is 2. The van der Waals surface area contributed by atoms with E-state index >= 15 is 0 Å². The summed E-state index contributed by atoms with van der Waals surface area (Å²) in [6.07, 6.45) is 0.0141. The first kappa shape index (κ1) is 16.8. The molecule has 0 saturated carbocycles. The van der Waals surface area contributed by atoms with Crippen LogP contribution in [0, 0.1) is 0 Å². The van der Waals surface area contributed by atoms with E-state index in [-0.39, 0.29) is 18.2 Å². The molecule has 0 spiro atoms. The van der Waals surface area contributed by atoms with Crippen molar-refractivity contribution in [3.63, 3.8) is 0 Å². The molecule has 6 nitrogen and oxygen atoms in total. The van der Waals surface area contributed by atoms with Crippen molar-refractivity contribution in [2.45, 2.75) is 19.1 Å². The van der Waals surface area contributed by atoms with Crippen molar-refractivity contribution in [3.8, 4) is 0 Å². The highest BCUT2D eigenvalue weighted by molar-refractivity contribution is 5.89. The third-order valence-electron chi connectivity index (χ3n) is 3.99. The molecule has 1 unspecified atom stereocenters. The van der Waals surface area contributed by atoms with E-state index in [1.54, 1.807) is 4.90 Å². The van der Waals surface area contributed by atoms with Crippen molar-refractivity contribution in [2.24, 2.45) is 0 Å². The number of carbonyl (C=O) groups is 2. The van der Waals surface area contributed by atoms with Crippen molar-refractivity contribution >= 4 is 17.8 Å². The maximum absolute atomic E-state index is 11.9. The summed E-state index contributed by atoms with van der Waals surface area (Å²) in [5.74, 6) is 0. The zero-order chi connectivity index (χ0) is 17.5. The van der Waals surface area contributed by atoms with Crippen LogP contribution in [0.5, 0.6) is 0 Å². The highest BCUT2D eigenvalue weighted by Crippen LogP contribution is 2.22. The van der Waals surface area contributed by atoms with Gasteiger partial charge in [0.15, 0.2) is 0 Å². The summed E-state index contributed by atoms with van der Waals surface area (Å²) in [4.78, 5) is 25.4. The average Bonchev–Trinajstić information content (AvgIpc) is 3.02. The maximum atomic E-state index is 11.9. The number of amides is 3. The molecule has 0 aliphatic carbocycles. The van der Waals surface area contributed by atoms with Crippen molar-refractivity contribution < 1.29 is 14.3 Å². The molecular formula is C19H21N3O3. The Bertz CT molecular complexity index is 706. The lowest BCUT2D eigenvalue weighted by atomic mass is 10.2. The number of cyclic esters (lactones) is 1. The standard InChI is InChI=1S/C19H21N3O3/c23-18(21-13-15-7-3-1-4-8-15)20-12-11-17-14-22(19(24)25-17)16-9-5-2-6-10-16/h1-10,17H,11-14H2,(H2,20,21,23). The Morgan fingerprint density at radius 1 is 1.04 bits per heavy atom. The van der Waals surface area contributed by atoms with Gasteiger partial charge in [-0.2, -0.15) is 0 Å². The molecule has 1 atom stereocenters. The molecule has 1 heterocycles. The fourth-order valence-corrected chi connectivity index (χ4v) is 2.68. The second kappa shape index (κ2) is 8.19. The third-order valence-corrected chi connectivity index (χ3v) is 3.99. The summed E-state index contributed by atoms with van der Waals surface area (Å²) >= 11 is 0. The molecule has 0 aromatic heterocycles. The van der Waals surface area contributed by atoms with Crippen molar-refractivity contribution in [2.75, 3.05) is 18.0 Å². The number of urea groups is 1. The van der Waals surface area contributed by atoms with Gasteiger partial charge in [0.1, 0.15) is 6.10 Å². The molecule has 3 rings (SSSR count). The Morgan fingerprint density at radius 2 is 1.72 bits per heavy atom. The summed E-state index contributed by atoms with van der Waals surface area (Å²) < 4.78 is 5.35. The van der Waals surface area contributed by atoms with Crippen LogP contribution in [0.2, 0.25) is 0 Å². The zero-order valence-corrected chi connectivity index (χ0v) is 13.9. The van der Waals surface area contributed by atoms with Crippen molar-refractivity contribution in [1.29, 1.82) is 0 Å². The number of benzene rings is 2. The van der Waals surface area contributed by atoms with Gasteiger partial charge in [0, 0.05) is 25.2 Å². The molecule has 130 valence electrons. The average molecular weight is 339 g/mol. The van der Waals surface area contributed by atoms with Gasteiger partial charge in [-0.25, -0.2) is 9.59 Å². The van der Waals surface area contributed by atoms with Crippen LogP contribution in [0.15, 0.2) is 60.7 Å². The van der Waals surface area contributed by atoms with E-state index in [4.69, 9.17) is 4.74 Å². The van der Waals surface area contributed by atoms with Crippen LogP contribution < -0.4 is 15.5 Å². The second-order valence-corrected chi connectivity index (χ2v) is 5.84. The Kier molecular flexibility index (Phi) is 5.51. The minimum atomic E-state index is -0.343. The largest absolute Gasteiger partial charge is 0.444 e. The highest BCUT2D eigenvalue weighted by Gasteiger charge is 2.31. The van der Waals surface area contributed by atoms with Gasteiger partial charge in [0.2, 0.25) is 0 Å². The number of nitrogens with zero attached hydrogens (tertiary/aromatic N) is 1. The van der Waals surface area contributed by atoms with Gasteiger partial charge in [0.05, 0.1) is 6.54 Å². The lowest BCUT2D eigenvalue weighted by molar-refractivity contribution is 0.137. The first-order valence-corrected chi connectivity index (χ1v) is 8.31. The molecule has 0 bridgehead atoms. The van der Waals surface area contributed by atoms with E-state index in [0.29, 0.717) is 26.1 Å². The summed E-state index contributed by atoms with van der Waals surface area (Å²) in [6.45, 7) is 1.42. The summed E-state index contributed by atoms with van der Waals surface area (Å²) in [5.41, 5.74) is 1.87. The Balaban J connectivity index is 1.38. The molecule has 3 amide bonds. The Hall–Kier alpha value is -3.02. The lowest BCUT2D eigenvalue weighted by Crippen LogP contribution is -2.37. The first-order chi connectivity index (χ1) is 12.2. The van der Waals surface area contributed by atoms with Crippen LogP contribution in [0.3, 0.4) is 0 Å². The molecule has 1 fully saturated rings. The fraction of sp³-hybridized carbons (Fsp3) is 0.263. The topological polar surface area (TPSA) is 70.7 Å². The molecule has 6 heteroatoms. The van der Waals surface area contributed by atoms with Gasteiger partial charge in [-0.3, -0.25) is 4.90 Å². The fourth-order valence-electron chi connectivity index (χ4n) is 2.68. The minimum absolute atomic E-state index is 0.220. The normalized spacial score (nSPS) is 16.4. The quantitative estimate of drug-likeness (QED) is 0.850. The SMILES string of the molecule is O=C(NCCC1CN(c2ccccc2)C(=O)O1)NCc1ccccc1. The van der Waals surface area contributed by atoms with E-state index in [9.17, 15) is 9.59 Å². The zero-order valence-electron chi connectivity index (χ0n) is 13.9. The van der Waals surface area contributed by atoms with Crippen LogP contribution in [0.25, 0.3) is 0 Å². The van der Waals surface area contributed by atoms with Crippen LogP contribution in [-0.4, -0.2) is 31.3 Å². The van der Waals surface area contributed by atoms with Gasteiger partial charge in [-0.05, 0) is 17.7 Å². The number of para-hydroxylation sites is 1. The highest BCUT2D eigenvalue weighted by atomic mass is 16.6. The van der Waals surface area contributed by atoms with Gasteiger partial charge < -0.3 is 15.4 Å². The maximum Gasteiger partial charge on any atom is 0.414 e. The summed E-state index contributed by atoms with van der Waals surface area (Å²) in [5, 5.41) is 5.59. The number of hydrogen-bond acceptors (Lipinski definition) is 3. The second-order valence-electron chi connectivity index (χ2n) is 5.84. The van der Waals surface area contributed by atoms with Crippen LogP contribution in [0.4, 0.5) is 15.3 Å². The smallest absolute Gasteiger partial charge is 0.414 e. The van der Waals surface area contributed by atoms with Gasteiger partial charge in [-0.15, -0.1) is 0 Å². The van der Waals surface area contributed by atoms with Crippen LogP contribution >= 0.6 is 0 Å². The molecule has 1 aliphatic heterocycles. The molecule has 2 aromatic carbocycles. The molecule has 1 saturated heterocycles. The number of ether oxygens (including phenoxy) is 1. The summed E-state index contributed by atoms with van der Waals surface area (Å²) in [6, 6.07) is 18.9. The van der Waals surface area contributed by atoms with E-state index in [2.05, 4.69) is 10.6 Å². The van der Waals surface area contributed by atoms with Gasteiger partial charge >= 0.3 is 12.1 Å². The van der Waals surface area contributed by atoms with Crippen molar-refractivity contribution in [1.82, 2.24) is 10.6 Å². The molecule has 2 aromatic rings. The third kappa shape index (κ3) is 4.73. The number of carbonyl (C=O) groups excluding carboxylic acids is 2. The monoisotopic (exact) mass is 339 g/mol. The molecule has 25 heavy (non-hydrogen) atoms. The van der Waals surface area contributed by atoms with Gasteiger partial charge in [-0.1, -0.05) is 48.5 Å². The molecular weight excluding hydrogens is 318 g/mol. The predicted octanol–water partition coefficient (Wildman–Crippen LogP) is 2.90. The van der Waals surface area contributed by atoms with E-state index in [1.165, 1.54) is 0 Å². The lowest BCUT2D eigenvalue weighted by Gasteiger charge is -2.12. The minimum Gasteiger partial charge on any atom is -0.444 e. The molecule has 2 N–H and O–H groups in total. The van der Waals surface area contributed by atoms with Crippen LogP contribution in [-0.2, 0) is 11.3 Å². The first-order valence-electron chi connectivity index (χ1n) is 8.31. The summed E-state index contributed by atoms with van der Waals surface area (Å²) in [7, 11) is 0. The van der Waals surface area contributed by atoms with Gasteiger partial charge in [0.25, 0.3) is 0 Å². The molecule has 1 aliphatic rings.